The molecule has 1 rings (SSSR count). The Balaban J connectivity index is 2.86. The highest BCUT2D eigenvalue weighted by Gasteiger charge is 2.33. The van der Waals surface area contributed by atoms with E-state index in [1.54, 1.807) is 0 Å². The number of halogens is 3. The number of benzene rings is 1. The molecule has 118 valence electrons. The van der Waals surface area contributed by atoms with E-state index in [0.717, 1.165) is 12.5 Å². The number of hydrogen-bond acceptors (Lipinski definition) is 2. The molecule has 0 unspecified atom stereocenters. The number of nitrogens with two attached hydrogens (primary N) is 1. The summed E-state index contributed by atoms with van der Waals surface area (Å²) < 4.78 is 38.6. The first-order valence-electron chi connectivity index (χ1n) is 6.82. The van der Waals surface area contributed by atoms with Crippen molar-refractivity contribution >= 4 is 11.7 Å². The zero-order valence-corrected chi connectivity index (χ0v) is 11.9. The van der Waals surface area contributed by atoms with E-state index in [1.165, 1.54) is 23.1 Å². The van der Waals surface area contributed by atoms with Gasteiger partial charge in [0.2, 0.25) is 0 Å². The van der Waals surface area contributed by atoms with Crippen molar-refractivity contribution in [2.24, 2.45) is 5.73 Å². The summed E-state index contributed by atoms with van der Waals surface area (Å²) in [5.74, 6) is 0. The minimum atomic E-state index is -4.50. The number of hydrogen-bond donors (Lipinski definition) is 2. The Bertz CT molecular complexity index is 463. The summed E-state index contributed by atoms with van der Waals surface area (Å²) in [7, 11) is 0. The molecule has 0 heterocycles. The molecule has 2 amide bonds. The molecule has 21 heavy (non-hydrogen) atoms. The summed E-state index contributed by atoms with van der Waals surface area (Å²) >= 11 is 0. The van der Waals surface area contributed by atoms with Crippen LogP contribution in [0.3, 0.4) is 0 Å². The van der Waals surface area contributed by atoms with E-state index in [1.807, 2.05) is 6.92 Å². The molecule has 1 aromatic carbocycles. The largest absolute Gasteiger partial charge is 0.418 e. The van der Waals surface area contributed by atoms with Crippen LogP contribution in [0.5, 0.6) is 0 Å². The monoisotopic (exact) mass is 303 g/mol. The fourth-order valence-electron chi connectivity index (χ4n) is 1.90. The smallest absolute Gasteiger partial charge is 0.330 e. The highest BCUT2D eigenvalue weighted by molar-refractivity contribution is 5.90. The molecular formula is C14H20F3N3O. The van der Waals surface area contributed by atoms with Crippen molar-refractivity contribution in [2.45, 2.75) is 25.9 Å². The lowest BCUT2D eigenvalue weighted by molar-refractivity contribution is -0.136. The van der Waals surface area contributed by atoms with Crippen LogP contribution in [0.25, 0.3) is 0 Å². The number of nitrogens with one attached hydrogen (secondary N) is 1. The minimum absolute atomic E-state index is 0.233. The predicted molar refractivity (Wildman–Crippen MR) is 76.0 cm³/mol. The average Bonchev–Trinajstić information content (AvgIpc) is 2.42. The number of rotatable bonds is 6. The maximum Gasteiger partial charge on any atom is 0.418 e. The van der Waals surface area contributed by atoms with E-state index in [-0.39, 0.29) is 5.69 Å². The number of nitrogens with zero attached hydrogens (tertiary/aromatic N) is 1. The van der Waals surface area contributed by atoms with Crippen molar-refractivity contribution in [2.75, 3.05) is 25.0 Å². The summed E-state index contributed by atoms with van der Waals surface area (Å²) in [5, 5.41) is 2.34. The molecule has 0 radical (unpaired) electrons. The van der Waals surface area contributed by atoms with Crippen LogP contribution >= 0.6 is 0 Å². The third kappa shape index (κ3) is 5.26. The van der Waals surface area contributed by atoms with Crippen LogP contribution in [0.4, 0.5) is 23.7 Å². The van der Waals surface area contributed by atoms with Crippen molar-refractivity contribution in [1.29, 1.82) is 0 Å². The molecule has 7 heteroatoms. The Morgan fingerprint density at radius 1 is 1.29 bits per heavy atom. The number of carbonyl (C=O) groups excluding carboxylic acids is 1. The number of anilines is 1. The number of amides is 2. The Labute approximate surface area is 122 Å². The first-order valence-corrected chi connectivity index (χ1v) is 6.82. The number of para-hydroxylation sites is 1. The maximum absolute atomic E-state index is 12.9. The SMILES string of the molecule is CCCN(CCCN)C(=O)Nc1ccccc1C(F)(F)F. The summed E-state index contributed by atoms with van der Waals surface area (Å²) in [6, 6.07) is 4.39. The molecule has 0 aliphatic heterocycles. The summed E-state index contributed by atoms with van der Waals surface area (Å²) in [5.41, 5.74) is 4.31. The lowest BCUT2D eigenvalue weighted by Gasteiger charge is -2.23. The Morgan fingerprint density at radius 2 is 1.95 bits per heavy atom. The second kappa shape index (κ2) is 7.87. The quantitative estimate of drug-likeness (QED) is 0.847. The second-order valence-electron chi connectivity index (χ2n) is 4.60. The van der Waals surface area contributed by atoms with E-state index in [0.29, 0.717) is 26.1 Å². The molecule has 0 fully saturated rings. The van der Waals surface area contributed by atoms with Crippen LogP contribution in [0.15, 0.2) is 24.3 Å². The molecule has 0 spiro atoms. The fourth-order valence-corrected chi connectivity index (χ4v) is 1.90. The number of alkyl halides is 3. The van der Waals surface area contributed by atoms with Gasteiger partial charge in [0.25, 0.3) is 0 Å². The van der Waals surface area contributed by atoms with E-state index in [9.17, 15) is 18.0 Å². The third-order valence-electron chi connectivity index (χ3n) is 2.89. The highest BCUT2D eigenvalue weighted by Crippen LogP contribution is 2.34. The Hall–Kier alpha value is -1.76. The third-order valence-corrected chi connectivity index (χ3v) is 2.89. The van der Waals surface area contributed by atoms with Crippen LogP contribution in [0.1, 0.15) is 25.3 Å². The molecule has 1 aromatic rings. The molecule has 0 aromatic heterocycles. The van der Waals surface area contributed by atoms with Gasteiger partial charge in [0.05, 0.1) is 11.3 Å². The van der Waals surface area contributed by atoms with Gasteiger partial charge in [0, 0.05) is 13.1 Å². The van der Waals surface area contributed by atoms with Crippen molar-refractivity contribution < 1.29 is 18.0 Å². The van der Waals surface area contributed by atoms with E-state index in [4.69, 9.17) is 5.73 Å². The van der Waals surface area contributed by atoms with Gasteiger partial charge < -0.3 is 16.0 Å². The van der Waals surface area contributed by atoms with Gasteiger partial charge in [-0.25, -0.2) is 4.79 Å². The van der Waals surface area contributed by atoms with Gasteiger partial charge in [-0.15, -0.1) is 0 Å². The van der Waals surface area contributed by atoms with Gasteiger partial charge in [0.1, 0.15) is 0 Å². The molecule has 0 saturated carbocycles. The zero-order valence-electron chi connectivity index (χ0n) is 11.9. The Kier molecular flexibility index (Phi) is 6.48. The lowest BCUT2D eigenvalue weighted by atomic mass is 10.1. The van der Waals surface area contributed by atoms with Gasteiger partial charge in [0.15, 0.2) is 0 Å². The summed E-state index contributed by atoms with van der Waals surface area (Å²) in [4.78, 5) is 13.6. The minimum Gasteiger partial charge on any atom is -0.330 e. The van der Waals surface area contributed by atoms with Crippen molar-refractivity contribution in [3.05, 3.63) is 29.8 Å². The molecule has 0 aliphatic carbocycles. The van der Waals surface area contributed by atoms with Crippen molar-refractivity contribution in [3.8, 4) is 0 Å². The van der Waals surface area contributed by atoms with Crippen LogP contribution in [-0.4, -0.2) is 30.6 Å². The van der Waals surface area contributed by atoms with Crippen molar-refractivity contribution in [1.82, 2.24) is 4.90 Å². The molecule has 0 bridgehead atoms. The topological polar surface area (TPSA) is 58.4 Å². The van der Waals surface area contributed by atoms with Gasteiger partial charge in [-0.3, -0.25) is 0 Å². The summed E-state index contributed by atoms with van der Waals surface area (Å²) in [6.45, 7) is 3.21. The van der Waals surface area contributed by atoms with Crippen molar-refractivity contribution in [3.63, 3.8) is 0 Å². The predicted octanol–water partition coefficient (Wildman–Crippen LogP) is 3.30. The average molecular weight is 303 g/mol. The second-order valence-corrected chi connectivity index (χ2v) is 4.60. The number of carbonyl (C=O) groups is 1. The number of urea groups is 1. The fraction of sp³-hybridized carbons (Fsp3) is 0.500. The van der Waals surface area contributed by atoms with Crippen LogP contribution < -0.4 is 11.1 Å². The molecular weight excluding hydrogens is 283 g/mol. The van der Waals surface area contributed by atoms with Gasteiger partial charge in [-0.1, -0.05) is 19.1 Å². The lowest BCUT2D eigenvalue weighted by Crippen LogP contribution is -2.37. The standard InChI is InChI=1S/C14H20F3N3O/c1-2-9-20(10-5-8-18)13(21)19-12-7-4-3-6-11(12)14(15,16)17/h3-4,6-7H,2,5,8-10,18H2,1H3,(H,19,21). The highest BCUT2D eigenvalue weighted by atomic mass is 19.4. The molecule has 0 atom stereocenters. The van der Waals surface area contributed by atoms with Crippen LogP contribution in [0.2, 0.25) is 0 Å². The molecule has 0 aliphatic rings. The van der Waals surface area contributed by atoms with E-state index >= 15 is 0 Å². The zero-order chi connectivity index (χ0) is 15.9. The van der Waals surface area contributed by atoms with Crippen LogP contribution in [-0.2, 0) is 6.18 Å². The summed E-state index contributed by atoms with van der Waals surface area (Å²) in [6.07, 6.45) is -3.18. The first-order chi connectivity index (χ1) is 9.90. The molecule has 4 nitrogen and oxygen atoms in total. The maximum atomic E-state index is 12.9. The molecule has 3 N–H and O–H groups in total. The van der Waals surface area contributed by atoms with Gasteiger partial charge in [-0.05, 0) is 31.5 Å². The van der Waals surface area contributed by atoms with Gasteiger partial charge >= 0.3 is 12.2 Å². The van der Waals surface area contributed by atoms with Gasteiger partial charge in [-0.2, -0.15) is 13.2 Å². The van der Waals surface area contributed by atoms with E-state index < -0.39 is 17.8 Å². The first kappa shape index (κ1) is 17.3. The Morgan fingerprint density at radius 3 is 2.52 bits per heavy atom. The van der Waals surface area contributed by atoms with E-state index in [2.05, 4.69) is 5.32 Å². The molecule has 0 saturated heterocycles. The van der Waals surface area contributed by atoms with Crippen LogP contribution in [0, 0.1) is 0 Å². The normalized spacial score (nSPS) is 11.3.